The fourth-order valence-electron chi connectivity index (χ4n) is 4.74. The quantitative estimate of drug-likeness (QED) is 0.653. The Bertz CT molecular complexity index is 775. The maximum Gasteiger partial charge on any atom is 0.309 e. The standard InChI is InChI=1S/C19H24O6/c1-9(2)16(21)24-15-12-10(3)8-23-13(12)14(20)19-11(25-19)6-7-17(4,22)18(15,19)5/h8-9,11,15,22H,6-7H2,1-5H3/t11-,15-,17-,18-,19+/m1/s1. The minimum Gasteiger partial charge on any atom is -0.460 e. The molecule has 1 aliphatic heterocycles. The van der Waals surface area contributed by atoms with Crippen LogP contribution in [0.15, 0.2) is 10.7 Å². The topological polar surface area (TPSA) is 89.3 Å². The van der Waals surface area contributed by atoms with E-state index in [4.69, 9.17) is 13.9 Å². The number of aliphatic hydroxyl groups is 1. The molecular formula is C19H24O6. The van der Waals surface area contributed by atoms with Crippen molar-refractivity contribution in [3.63, 3.8) is 0 Å². The first kappa shape index (κ1) is 16.8. The van der Waals surface area contributed by atoms with Crippen molar-refractivity contribution in [3.8, 4) is 0 Å². The molecular weight excluding hydrogens is 324 g/mol. The number of Topliss-reactive ketones (excluding diaryl/α,β-unsaturated/α-hetero) is 1. The summed E-state index contributed by atoms with van der Waals surface area (Å²) in [7, 11) is 0. The van der Waals surface area contributed by atoms with Gasteiger partial charge in [-0.15, -0.1) is 0 Å². The van der Waals surface area contributed by atoms with Crippen molar-refractivity contribution in [2.24, 2.45) is 11.3 Å². The Morgan fingerprint density at radius 3 is 2.72 bits per heavy atom. The first-order chi connectivity index (χ1) is 11.6. The molecule has 0 amide bonds. The number of fused-ring (bicyclic) bond motifs is 1. The lowest BCUT2D eigenvalue weighted by atomic mass is 9.51. The van der Waals surface area contributed by atoms with Crippen molar-refractivity contribution < 1.29 is 28.6 Å². The van der Waals surface area contributed by atoms with E-state index in [1.54, 1.807) is 27.7 Å². The van der Waals surface area contributed by atoms with Crippen LogP contribution in [0.5, 0.6) is 0 Å². The summed E-state index contributed by atoms with van der Waals surface area (Å²) in [6, 6.07) is 0. The first-order valence-corrected chi connectivity index (χ1v) is 8.81. The second kappa shape index (κ2) is 4.74. The largest absolute Gasteiger partial charge is 0.460 e. The van der Waals surface area contributed by atoms with Crippen LogP contribution >= 0.6 is 0 Å². The van der Waals surface area contributed by atoms with E-state index in [-0.39, 0.29) is 29.5 Å². The number of ether oxygens (including phenoxy) is 2. The number of carbonyl (C=O) groups is 2. The Morgan fingerprint density at radius 1 is 1.40 bits per heavy atom. The number of ketones is 1. The van der Waals surface area contributed by atoms with Crippen LogP contribution in [0.3, 0.4) is 0 Å². The lowest BCUT2D eigenvalue weighted by Crippen LogP contribution is -2.65. The summed E-state index contributed by atoms with van der Waals surface area (Å²) >= 11 is 0. The number of rotatable bonds is 2. The van der Waals surface area contributed by atoms with Crippen LogP contribution in [-0.4, -0.2) is 34.2 Å². The Morgan fingerprint density at radius 2 is 2.08 bits per heavy atom. The molecule has 6 nitrogen and oxygen atoms in total. The lowest BCUT2D eigenvalue weighted by Gasteiger charge is -2.54. The molecule has 6 heteroatoms. The van der Waals surface area contributed by atoms with Crippen LogP contribution in [-0.2, 0) is 14.3 Å². The predicted molar refractivity (Wildman–Crippen MR) is 87.0 cm³/mol. The van der Waals surface area contributed by atoms with Gasteiger partial charge >= 0.3 is 5.97 Å². The number of furan rings is 1. The molecule has 1 aromatic heterocycles. The van der Waals surface area contributed by atoms with E-state index in [1.807, 2.05) is 6.92 Å². The summed E-state index contributed by atoms with van der Waals surface area (Å²) in [6.45, 7) is 8.84. The van der Waals surface area contributed by atoms with Gasteiger partial charge in [-0.2, -0.15) is 0 Å². The van der Waals surface area contributed by atoms with E-state index in [0.29, 0.717) is 18.4 Å². The summed E-state index contributed by atoms with van der Waals surface area (Å²) in [4.78, 5) is 25.6. The van der Waals surface area contributed by atoms with Crippen LogP contribution in [0, 0.1) is 18.3 Å². The van der Waals surface area contributed by atoms with Gasteiger partial charge in [0.05, 0.1) is 29.3 Å². The van der Waals surface area contributed by atoms with E-state index >= 15 is 0 Å². The monoisotopic (exact) mass is 348 g/mol. The molecule has 0 aromatic carbocycles. The molecule has 2 aliphatic carbocycles. The molecule has 3 aliphatic rings. The van der Waals surface area contributed by atoms with Gasteiger partial charge in [0.15, 0.2) is 11.4 Å². The Kier molecular flexibility index (Phi) is 3.18. The summed E-state index contributed by atoms with van der Waals surface area (Å²) in [5.74, 6) is -0.755. The third-order valence-electron chi connectivity index (χ3n) is 6.57. The van der Waals surface area contributed by atoms with Gasteiger partial charge < -0.3 is 19.0 Å². The highest BCUT2D eigenvalue weighted by Gasteiger charge is 2.83. The van der Waals surface area contributed by atoms with Gasteiger partial charge in [0, 0.05) is 5.56 Å². The summed E-state index contributed by atoms with van der Waals surface area (Å²) in [6.07, 6.45) is 1.50. The van der Waals surface area contributed by atoms with Crippen LogP contribution in [0.4, 0.5) is 0 Å². The van der Waals surface area contributed by atoms with Crippen LogP contribution in [0.2, 0.25) is 0 Å². The van der Waals surface area contributed by atoms with Gasteiger partial charge in [-0.1, -0.05) is 13.8 Å². The van der Waals surface area contributed by atoms with E-state index in [2.05, 4.69) is 0 Å². The minimum absolute atomic E-state index is 0.191. The van der Waals surface area contributed by atoms with Crippen molar-refractivity contribution in [1.82, 2.24) is 0 Å². The van der Waals surface area contributed by atoms with Crippen molar-refractivity contribution in [1.29, 1.82) is 0 Å². The Hall–Kier alpha value is -1.66. The molecule has 1 aromatic rings. The van der Waals surface area contributed by atoms with E-state index in [0.717, 1.165) is 5.56 Å². The summed E-state index contributed by atoms with van der Waals surface area (Å²) in [5, 5.41) is 11.3. The third kappa shape index (κ3) is 1.77. The van der Waals surface area contributed by atoms with Crippen molar-refractivity contribution in [2.75, 3.05) is 0 Å². The fraction of sp³-hybridized carbons (Fsp3) is 0.684. The molecule has 1 N–H and O–H groups in total. The highest BCUT2D eigenvalue weighted by Crippen LogP contribution is 2.70. The van der Waals surface area contributed by atoms with E-state index in [9.17, 15) is 14.7 Å². The predicted octanol–water partition coefficient (Wildman–Crippen LogP) is 2.71. The van der Waals surface area contributed by atoms with Crippen molar-refractivity contribution in [2.45, 2.75) is 70.9 Å². The Balaban J connectivity index is 1.95. The minimum atomic E-state index is -1.22. The average Bonchev–Trinajstić information content (AvgIpc) is 3.17. The molecule has 136 valence electrons. The Labute approximate surface area is 146 Å². The van der Waals surface area contributed by atoms with Gasteiger partial charge in [0.1, 0.15) is 6.10 Å². The van der Waals surface area contributed by atoms with E-state index in [1.165, 1.54) is 6.26 Å². The molecule has 0 bridgehead atoms. The molecule has 25 heavy (non-hydrogen) atoms. The zero-order chi connectivity index (χ0) is 18.4. The average molecular weight is 348 g/mol. The molecule has 1 saturated carbocycles. The highest BCUT2D eigenvalue weighted by atomic mass is 16.6. The zero-order valence-electron chi connectivity index (χ0n) is 15.2. The van der Waals surface area contributed by atoms with Crippen LogP contribution < -0.4 is 0 Å². The van der Waals surface area contributed by atoms with Crippen molar-refractivity contribution in [3.05, 3.63) is 23.2 Å². The first-order valence-electron chi connectivity index (χ1n) is 8.81. The SMILES string of the molecule is Cc1coc2c1[C@@H](OC(=O)C(C)C)[C@@]1(C)[C@@]3(O[C@@H]3CC[C@@]1(C)O)C2=O. The maximum atomic E-state index is 13.2. The number of hydrogen-bond acceptors (Lipinski definition) is 6. The van der Waals surface area contributed by atoms with Gasteiger partial charge in [-0.05, 0) is 39.2 Å². The summed E-state index contributed by atoms with van der Waals surface area (Å²) < 4.78 is 17.3. The number of esters is 1. The number of carbonyl (C=O) groups excluding carboxylic acids is 2. The number of aryl methyl sites for hydroxylation is 1. The van der Waals surface area contributed by atoms with Gasteiger partial charge in [0.2, 0.25) is 5.78 Å². The van der Waals surface area contributed by atoms with E-state index < -0.39 is 22.7 Å². The fourth-order valence-corrected chi connectivity index (χ4v) is 4.74. The molecule has 4 rings (SSSR count). The van der Waals surface area contributed by atoms with Crippen LogP contribution in [0.25, 0.3) is 0 Å². The second-order valence-corrected chi connectivity index (χ2v) is 8.32. The normalized spacial score (nSPS) is 41.8. The molecule has 1 spiro atoms. The lowest BCUT2D eigenvalue weighted by molar-refractivity contribution is -0.196. The summed E-state index contributed by atoms with van der Waals surface area (Å²) in [5.41, 5.74) is -2.19. The highest BCUT2D eigenvalue weighted by molar-refractivity contribution is 6.06. The molecule has 1 saturated heterocycles. The molecule has 0 unspecified atom stereocenters. The smallest absolute Gasteiger partial charge is 0.309 e. The maximum absolute atomic E-state index is 13.2. The second-order valence-electron chi connectivity index (χ2n) is 8.32. The van der Waals surface area contributed by atoms with Crippen molar-refractivity contribution >= 4 is 11.8 Å². The van der Waals surface area contributed by atoms with Crippen LogP contribution in [0.1, 0.15) is 68.3 Å². The van der Waals surface area contributed by atoms with Gasteiger partial charge in [-0.3, -0.25) is 9.59 Å². The molecule has 2 fully saturated rings. The van der Waals surface area contributed by atoms with Gasteiger partial charge in [0.25, 0.3) is 0 Å². The zero-order valence-corrected chi connectivity index (χ0v) is 15.2. The third-order valence-corrected chi connectivity index (χ3v) is 6.57. The molecule has 5 atom stereocenters. The number of epoxide rings is 1. The number of hydrogen-bond donors (Lipinski definition) is 1. The van der Waals surface area contributed by atoms with Gasteiger partial charge in [-0.25, -0.2) is 0 Å². The molecule has 2 heterocycles. The molecule has 0 radical (unpaired) electrons.